The summed E-state index contributed by atoms with van der Waals surface area (Å²) in [5.74, 6) is 1.37. The van der Waals surface area contributed by atoms with Crippen molar-refractivity contribution in [1.29, 1.82) is 0 Å². The van der Waals surface area contributed by atoms with Gasteiger partial charge in [-0.25, -0.2) is 0 Å². The number of allylic oxidation sites excluding steroid dienone is 1. The average Bonchev–Trinajstić information content (AvgIpc) is 2.35. The Morgan fingerprint density at radius 3 is 2.91 bits per heavy atom. The van der Waals surface area contributed by atoms with Crippen molar-refractivity contribution >= 4 is 33.6 Å². The molecule has 60 valence electrons. The zero-order valence-corrected chi connectivity index (χ0v) is 8.45. The lowest BCUT2D eigenvalue weighted by atomic mass is 10.3. The highest BCUT2D eigenvalue weighted by Gasteiger charge is 1.95. The molecule has 1 aromatic rings. The molecule has 0 spiro atoms. The van der Waals surface area contributed by atoms with Crippen LogP contribution < -0.4 is 0 Å². The summed E-state index contributed by atoms with van der Waals surface area (Å²) in [5, 5.41) is 0. The molecule has 1 aromatic heterocycles. The van der Waals surface area contributed by atoms with Crippen molar-refractivity contribution in [2.45, 2.75) is 6.92 Å². The first-order chi connectivity index (χ1) is 5.22. The summed E-state index contributed by atoms with van der Waals surface area (Å²) in [6, 6.07) is 3.74. The molecule has 0 aliphatic heterocycles. The van der Waals surface area contributed by atoms with Gasteiger partial charge in [-0.2, -0.15) is 0 Å². The molecule has 1 nitrogen and oxygen atoms in total. The molecule has 0 amide bonds. The van der Waals surface area contributed by atoms with Crippen LogP contribution in [0.3, 0.4) is 0 Å². The number of halogens is 2. The summed E-state index contributed by atoms with van der Waals surface area (Å²) in [7, 11) is 0. The maximum atomic E-state index is 5.59. The fraction of sp³-hybridized carbons (Fsp3) is 0.250. The highest BCUT2D eigenvalue weighted by molar-refractivity contribution is 9.10. The van der Waals surface area contributed by atoms with Gasteiger partial charge in [-0.05, 0) is 41.1 Å². The monoisotopic (exact) mass is 234 g/mol. The van der Waals surface area contributed by atoms with Crippen LogP contribution in [0.25, 0.3) is 6.08 Å². The standard InChI is InChI=1S/C8H8BrClO/c1-6(5-10)4-7-2-3-8(9)11-7/h2-4H,5H2,1H3. The molecule has 0 fully saturated rings. The fourth-order valence-electron chi connectivity index (χ4n) is 0.687. The van der Waals surface area contributed by atoms with Crippen molar-refractivity contribution in [2.75, 3.05) is 5.88 Å². The van der Waals surface area contributed by atoms with Crippen molar-refractivity contribution in [1.82, 2.24) is 0 Å². The average molecular weight is 236 g/mol. The minimum absolute atomic E-state index is 0.540. The van der Waals surface area contributed by atoms with Crippen LogP contribution in [-0.4, -0.2) is 5.88 Å². The van der Waals surface area contributed by atoms with Crippen LogP contribution in [0.5, 0.6) is 0 Å². The number of rotatable bonds is 2. The molecule has 1 rings (SSSR count). The highest BCUT2D eigenvalue weighted by Crippen LogP contribution is 2.16. The SMILES string of the molecule is CC(=Cc1ccc(Br)o1)CCl. The molecule has 0 unspecified atom stereocenters. The Balaban J connectivity index is 2.78. The molecule has 0 aromatic carbocycles. The van der Waals surface area contributed by atoms with E-state index in [0.29, 0.717) is 5.88 Å². The zero-order valence-electron chi connectivity index (χ0n) is 6.10. The van der Waals surface area contributed by atoms with Crippen LogP contribution in [0.1, 0.15) is 12.7 Å². The molecule has 0 saturated heterocycles. The van der Waals surface area contributed by atoms with E-state index in [4.69, 9.17) is 16.0 Å². The Hall–Kier alpha value is -0.210. The van der Waals surface area contributed by atoms with E-state index >= 15 is 0 Å². The molecule has 0 saturated carbocycles. The van der Waals surface area contributed by atoms with E-state index in [1.54, 1.807) is 0 Å². The van der Waals surface area contributed by atoms with Crippen LogP contribution in [-0.2, 0) is 0 Å². The van der Waals surface area contributed by atoms with Crippen molar-refractivity contribution in [2.24, 2.45) is 0 Å². The topological polar surface area (TPSA) is 13.1 Å². The largest absolute Gasteiger partial charge is 0.450 e. The molecular weight excluding hydrogens is 227 g/mol. The zero-order chi connectivity index (χ0) is 8.27. The van der Waals surface area contributed by atoms with Gasteiger partial charge in [0.1, 0.15) is 5.76 Å². The van der Waals surface area contributed by atoms with Crippen LogP contribution in [0.2, 0.25) is 0 Å². The van der Waals surface area contributed by atoms with Crippen molar-refractivity contribution < 1.29 is 4.42 Å². The summed E-state index contributed by atoms with van der Waals surface area (Å²) in [5.41, 5.74) is 1.09. The van der Waals surface area contributed by atoms with Gasteiger partial charge in [-0.15, -0.1) is 11.6 Å². The predicted molar refractivity (Wildman–Crippen MR) is 50.8 cm³/mol. The molecular formula is C8H8BrClO. The molecule has 0 N–H and O–H groups in total. The summed E-state index contributed by atoms with van der Waals surface area (Å²) in [6.45, 7) is 1.96. The third-order valence-electron chi connectivity index (χ3n) is 1.19. The molecule has 3 heteroatoms. The lowest BCUT2D eigenvalue weighted by molar-refractivity contribution is 0.531. The maximum absolute atomic E-state index is 5.59. The Labute approximate surface area is 79.2 Å². The first kappa shape index (κ1) is 8.88. The third-order valence-corrected chi connectivity index (χ3v) is 2.04. The lowest BCUT2D eigenvalue weighted by Crippen LogP contribution is -1.74. The Kier molecular flexibility index (Phi) is 3.21. The Morgan fingerprint density at radius 1 is 1.73 bits per heavy atom. The molecule has 1 heterocycles. The van der Waals surface area contributed by atoms with Gasteiger partial charge in [0.15, 0.2) is 4.67 Å². The summed E-state index contributed by atoms with van der Waals surface area (Å²) < 4.78 is 5.98. The van der Waals surface area contributed by atoms with E-state index in [1.807, 2.05) is 25.1 Å². The minimum Gasteiger partial charge on any atom is -0.450 e. The van der Waals surface area contributed by atoms with Gasteiger partial charge in [0, 0.05) is 5.88 Å². The second-order valence-electron chi connectivity index (χ2n) is 2.27. The number of alkyl halides is 1. The molecule has 0 radical (unpaired) electrons. The molecule has 0 aliphatic rings. The fourth-order valence-corrected chi connectivity index (χ4v) is 1.08. The smallest absolute Gasteiger partial charge is 0.169 e. The summed E-state index contributed by atoms with van der Waals surface area (Å²) >= 11 is 8.80. The highest BCUT2D eigenvalue weighted by atomic mass is 79.9. The van der Waals surface area contributed by atoms with Crippen LogP contribution in [0.4, 0.5) is 0 Å². The maximum Gasteiger partial charge on any atom is 0.169 e. The van der Waals surface area contributed by atoms with Crippen molar-refractivity contribution in [3.05, 3.63) is 28.1 Å². The van der Waals surface area contributed by atoms with E-state index in [-0.39, 0.29) is 0 Å². The molecule has 0 atom stereocenters. The predicted octanol–water partition coefficient (Wildman–Crippen LogP) is 3.68. The van der Waals surface area contributed by atoms with Crippen LogP contribution in [0.15, 0.2) is 26.8 Å². The molecule has 0 aliphatic carbocycles. The summed E-state index contributed by atoms with van der Waals surface area (Å²) in [6.07, 6.45) is 1.91. The van der Waals surface area contributed by atoms with Crippen molar-refractivity contribution in [3.63, 3.8) is 0 Å². The number of furan rings is 1. The minimum atomic E-state index is 0.540. The molecule has 0 bridgehead atoms. The van der Waals surface area contributed by atoms with Gasteiger partial charge in [-0.3, -0.25) is 0 Å². The third kappa shape index (κ3) is 2.72. The van der Waals surface area contributed by atoms with Crippen molar-refractivity contribution in [3.8, 4) is 0 Å². The van der Waals surface area contributed by atoms with Gasteiger partial charge < -0.3 is 4.42 Å². The number of hydrogen-bond donors (Lipinski definition) is 0. The van der Waals surface area contributed by atoms with Gasteiger partial charge >= 0.3 is 0 Å². The van der Waals surface area contributed by atoms with E-state index < -0.39 is 0 Å². The van der Waals surface area contributed by atoms with Crippen LogP contribution >= 0.6 is 27.5 Å². The van der Waals surface area contributed by atoms with E-state index in [9.17, 15) is 0 Å². The first-order valence-corrected chi connectivity index (χ1v) is 4.53. The van der Waals surface area contributed by atoms with Crippen LogP contribution in [0, 0.1) is 0 Å². The second kappa shape index (κ2) is 3.98. The quantitative estimate of drug-likeness (QED) is 0.713. The first-order valence-electron chi connectivity index (χ1n) is 3.21. The Bertz CT molecular complexity index is 265. The second-order valence-corrected chi connectivity index (χ2v) is 3.32. The van der Waals surface area contributed by atoms with E-state index in [2.05, 4.69) is 15.9 Å². The van der Waals surface area contributed by atoms with Gasteiger partial charge in [-0.1, -0.05) is 5.57 Å². The normalized spacial score (nSPS) is 12.1. The van der Waals surface area contributed by atoms with E-state index in [1.165, 1.54) is 0 Å². The number of hydrogen-bond acceptors (Lipinski definition) is 1. The van der Waals surface area contributed by atoms with Gasteiger partial charge in [0.05, 0.1) is 0 Å². The van der Waals surface area contributed by atoms with Gasteiger partial charge in [0.25, 0.3) is 0 Å². The lowest BCUT2D eigenvalue weighted by Gasteiger charge is -1.89. The Morgan fingerprint density at radius 2 is 2.45 bits per heavy atom. The van der Waals surface area contributed by atoms with Gasteiger partial charge in [0.2, 0.25) is 0 Å². The summed E-state index contributed by atoms with van der Waals surface area (Å²) in [4.78, 5) is 0. The van der Waals surface area contributed by atoms with E-state index in [0.717, 1.165) is 16.0 Å². The molecule has 11 heavy (non-hydrogen) atoms.